The number of carbonyl (C=O) groups is 3. The van der Waals surface area contributed by atoms with E-state index in [1.54, 1.807) is 13.8 Å². The number of nitrogens with one attached hydrogen (secondary N) is 1. The third kappa shape index (κ3) is 9.05. The highest BCUT2D eigenvalue weighted by molar-refractivity contribution is 8.13. The van der Waals surface area contributed by atoms with Gasteiger partial charge >= 0.3 is 17.1 Å². The number of hydrogen-bond acceptors (Lipinski definition) is 11. The molecule has 0 radical (unpaired) electrons. The van der Waals surface area contributed by atoms with Crippen molar-refractivity contribution < 1.29 is 37.4 Å². The maximum atomic E-state index is 12.5. The molecule has 1 atom stereocenters. The van der Waals surface area contributed by atoms with Gasteiger partial charge in [-0.05, 0) is 25.1 Å². The molecule has 1 aliphatic heterocycles. The molecule has 12 heteroatoms. The molecular formula is C20H30N2O9S. The van der Waals surface area contributed by atoms with Crippen molar-refractivity contribution in [3.05, 3.63) is 22.1 Å². The molecule has 1 N–H and O–H groups in total. The number of hydrogen-bond donors (Lipinski definition) is 1. The Balaban J connectivity index is 1.78. The number of morpholine rings is 1. The molecule has 1 amide bonds. The minimum Gasteiger partial charge on any atom is -0.464 e. The van der Waals surface area contributed by atoms with Crippen molar-refractivity contribution in [2.75, 3.05) is 45.2 Å². The van der Waals surface area contributed by atoms with E-state index in [-0.39, 0.29) is 42.3 Å². The number of nitrogens with zero attached hydrogens (tertiary/aromatic N) is 1. The second-order valence-electron chi connectivity index (χ2n) is 7.47. The predicted octanol–water partition coefficient (Wildman–Crippen LogP) is 1.32. The number of aryl methyl sites for hydroxylation is 1. The Morgan fingerprint density at radius 3 is 2.50 bits per heavy atom. The highest BCUT2D eigenvalue weighted by Crippen LogP contribution is 2.13. The van der Waals surface area contributed by atoms with Crippen molar-refractivity contribution in [2.24, 2.45) is 5.92 Å². The zero-order valence-electron chi connectivity index (χ0n) is 18.5. The molecule has 1 aromatic rings. The molecule has 1 aliphatic rings. The fraction of sp³-hybridized carbons (Fsp3) is 0.700. The van der Waals surface area contributed by atoms with Crippen LogP contribution in [0.15, 0.2) is 13.6 Å². The van der Waals surface area contributed by atoms with Gasteiger partial charge in [0.25, 0.3) is 0 Å². The summed E-state index contributed by atoms with van der Waals surface area (Å²) in [4.78, 5) is 49.8. The lowest BCUT2D eigenvalue weighted by Gasteiger charge is -2.26. The van der Waals surface area contributed by atoms with E-state index in [0.717, 1.165) is 19.6 Å². The summed E-state index contributed by atoms with van der Waals surface area (Å²) in [5.74, 6) is -1.90. The zero-order chi connectivity index (χ0) is 23.5. The molecule has 1 fully saturated rings. The van der Waals surface area contributed by atoms with Gasteiger partial charge < -0.3 is 28.4 Å². The molecule has 0 saturated carbocycles. The van der Waals surface area contributed by atoms with Crippen molar-refractivity contribution >= 4 is 28.9 Å². The molecular weight excluding hydrogens is 444 g/mol. The summed E-state index contributed by atoms with van der Waals surface area (Å²) < 4.78 is 25.1. The Labute approximate surface area is 190 Å². The number of rotatable bonds is 11. The average Bonchev–Trinajstić information content (AvgIpc) is 3.09. The van der Waals surface area contributed by atoms with Crippen molar-refractivity contribution in [1.82, 2.24) is 10.2 Å². The lowest BCUT2D eigenvalue weighted by Crippen LogP contribution is -2.45. The standard InChI is InChI=1S/C20H30N2O9S/c1-13(2)17(23)21-15(18(24)28-8-4-5-22-6-9-27-10-7-22)12-32-20(26)29-11-16-14(3)30-19(25)31-16/h13,15H,4-12H2,1-3H3,(H,21,23)/t15-/m0/s1. The van der Waals surface area contributed by atoms with Gasteiger partial charge in [-0.15, -0.1) is 0 Å². The number of carbonyl (C=O) groups excluding carboxylic acids is 3. The molecule has 1 aromatic heterocycles. The maximum absolute atomic E-state index is 12.5. The van der Waals surface area contributed by atoms with Crippen LogP contribution in [-0.4, -0.2) is 73.3 Å². The molecule has 0 unspecified atom stereocenters. The highest BCUT2D eigenvalue weighted by Gasteiger charge is 2.25. The molecule has 1 saturated heterocycles. The molecule has 2 rings (SSSR count). The molecule has 0 bridgehead atoms. The van der Waals surface area contributed by atoms with Crippen LogP contribution in [0.2, 0.25) is 0 Å². The fourth-order valence-electron chi connectivity index (χ4n) is 2.72. The zero-order valence-corrected chi connectivity index (χ0v) is 19.4. The van der Waals surface area contributed by atoms with Crippen LogP contribution >= 0.6 is 11.8 Å². The first-order valence-corrected chi connectivity index (χ1v) is 11.4. The van der Waals surface area contributed by atoms with Gasteiger partial charge in [-0.3, -0.25) is 9.69 Å². The van der Waals surface area contributed by atoms with Crippen LogP contribution in [-0.2, 0) is 30.4 Å². The normalized spacial score (nSPS) is 15.4. The third-order valence-corrected chi connectivity index (χ3v) is 5.47. The van der Waals surface area contributed by atoms with E-state index in [9.17, 15) is 19.2 Å². The summed E-state index contributed by atoms with van der Waals surface area (Å²) in [7, 11) is 0. The van der Waals surface area contributed by atoms with Crippen LogP contribution in [0.5, 0.6) is 0 Å². The predicted molar refractivity (Wildman–Crippen MR) is 114 cm³/mol. The SMILES string of the molecule is Cc1oc(=O)oc1COC(=O)SC[C@H](NC(=O)C(C)C)C(=O)OCCCN1CCOCC1. The lowest BCUT2D eigenvalue weighted by atomic mass is 10.2. The van der Waals surface area contributed by atoms with E-state index in [2.05, 4.69) is 14.6 Å². The summed E-state index contributed by atoms with van der Waals surface area (Å²) in [5.41, 5.74) is 0. The topological polar surface area (TPSA) is 138 Å². The monoisotopic (exact) mass is 474 g/mol. The smallest absolute Gasteiger partial charge is 0.464 e. The average molecular weight is 475 g/mol. The van der Waals surface area contributed by atoms with Gasteiger partial charge in [-0.1, -0.05) is 13.8 Å². The van der Waals surface area contributed by atoms with Crippen LogP contribution < -0.4 is 11.1 Å². The number of thioether (sulfide) groups is 1. The van der Waals surface area contributed by atoms with Gasteiger partial charge in [-0.25, -0.2) is 14.4 Å². The van der Waals surface area contributed by atoms with E-state index in [1.807, 2.05) is 0 Å². The van der Waals surface area contributed by atoms with Crippen LogP contribution in [0.4, 0.5) is 4.79 Å². The third-order valence-electron chi connectivity index (χ3n) is 4.62. The van der Waals surface area contributed by atoms with E-state index in [4.69, 9.17) is 18.6 Å². The second-order valence-corrected chi connectivity index (χ2v) is 8.43. The molecule has 180 valence electrons. The van der Waals surface area contributed by atoms with Crippen LogP contribution in [0, 0.1) is 12.8 Å². The Morgan fingerprint density at radius 2 is 1.88 bits per heavy atom. The number of ether oxygens (including phenoxy) is 3. The van der Waals surface area contributed by atoms with Gasteiger partial charge in [0, 0.05) is 31.3 Å². The Hall–Kier alpha value is -2.31. The highest BCUT2D eigenvalue weighted by atomic mass is 32.2. The Morgan fingerprint density at radius 1 is 1.16 bits per heavy atom. The minimum atomic E-state index is -1.00. The quantitative estimate of drug-likeness (QED) is 0.367. The van der Waals surface area contributed by atoms with Crippen LogP contribution in [0.3, 0.4) is 0 Å². The maximum Gasteiger partial charge on any atom is 0.519 e. The van der Waals surface area contributed by atoms with Crippen LogP contribution in [0.25, 0.3) is 0 Å². The molecule has 0 aromatic carbocycles. The van der Waals surface area contributed by atoms with Crippen LogP contribution in [0.1, 0.15) is 31.8 Å². The molecule has 0 aliphatic carbocycles. The van der Waals surface area contributed by atoms with Gasteiger partial charge in [-0.2, -0.15) is 0 Å². The van der Waals surface area contributed by atoms with Crippen molar-refractivity contribution in [3.8, 4) is 0 Å². The van der Waals surface area contributed by atoms with Gasteiger partial charge in [0.1, 0.15) is 6.04 Å². The molecule has 2 heterocycles. The second kappa shape index (κ2) is 13.3. The van der Waals surface area contributed by atoms with Crippen molar-refractivity contribution in [3.63, 3.8) is 0 Å². The summed E-state index contributed by atoms with van der Waals surface area (Å²) >= 11 is 0.711. The van der Waals surface area contributed by atoms with Gasteiger partial charge in [0.15, 0.2) is 18.1 Å². The summed E-state index contributed by atoms with van der Waals surface area (Å²) in [6.07, 6.45) is 0.654. The minimum absolute atomic E-state index is 0.0616. The first-order valence-electron chi connectivity index (χ1n) is 10.4. The van der Waals surface area contributed by atoms with Gasteiger partial charge in [0.2, 0.25) is 5.91 Å². The fourth-order valence-corrected chi connectivity index (χ4v) is 3.38. The molecule has 0 spiro atoms. The Kier molecular flexibility index (Phi) is 10.8. The first-order chi connectivity index (χ1) is 15.3. The van der Waals surface area contributed by atoms with E-state index in [0.29, 0.717) is 31.4 Å². The van der Waals surface area contributed by atoms with Crippen molar-refractivity contribution in [2.45, 2.75) is 39.8 Å². The number of esters is 1. The summed E-state index contributed by atoms with van der Waals surface area (Å²) in [6.45, 7) is 8.70. The Bertz CT molecular complexity index is 814. The van der Waals surface area contributed by atoms with Crippen molar-refractivity contribution in [1.29, 1.82) is 0 Å². The van der Waals surface area contributed by atoms with E-state index in [1.165, 1.54) is 6.92 Å². The first kappa shape index (κ1) is 25.9. The molecule has 11 nitrogen and oxygen atoms in total. The number of amides is 1. The van der Waals surface area contributed by atoms with Gasteiger partial charge in [0.05, 0.1) is 19.8 Å². The summed E-state index contributed by atoms with van der Waals surface area (Å²) in [5, 5.41) is 1.91. The summed E-state index contributed by atoms with van der Waals surface area (Å²) in [6, 6.07) is -1.00. The molecule has 32 heavy (non-hydrogen) atoms. The van der Waals surface area contributed by atoms with E-state index < -0.39 is 23.1 Å². The lowest BCUT2D eigenvalue weighted by molar-refractivity contribution is -0.147. The largest absolute Gasteiger partial charge is 0.519 e. The van der Waals surface area contributed by atoms with E-state index >= 15 is 0 Å².